The predicted molar refractivity (Wildman–Crippen MR) is 64.6 cm³/mol. The van der Waals surface area contributed by atoms with E-state index in [9.17, 15) is 14.9 Å². The number of primary amides is 1. The monoisotopic (exact) mass is 252 g/mol. The van der Waals surface area contributed by atoms with Crippen LogP contribution < -0.4 is 15.9 Å². The Balaban J connectivity index is 3.11. The first kappa shape index (κ1) is 13.4. The van der Waals surface area contributed by atoms with Crippen molar-refractivity contribution >= 4 is 17.4 Å². The van der Waals surface area contributed by atoms with Crippen molar-refractivity contribution < 1.29 is 14.5 Å². The molecule has 2 amide bonds. The Labute approximate surface area is 103 Å². The highest BCUT2D eigenvalue weighted by Crippen LogP contribution is 2.27. The number of methoxy groups -OCH3 is 1. The molecule has 3 N–H and O–H groups in total. The fourth-order valence-corrected chi connectivity index (χ4v) is 1.26. The zero-order valence-electron chi connectivity index (χ0n) is 9.84. The highest BCUT2D eigenvalue weighted by Gasteiger charge is 2.16. The molecule has 0 aliphatic rings. The molecule has 0 saturated heterocycles. The van der Waals surface area contributed by atoms with Gasteiger partial charge in [-0.25, -0.2) is 10.2 Å². The second kappa shape index (κ2) is 5.62. The van der Waals surface area contributed by atoms with Crippen molar-refractivity contribution in [3.63, 3.8) is 0 Å². The summed E-state index contributed by atoms with van der Waals surface area (Å²) in [5.41, 5.74) is 7.60. The Morgan fingerprint density at radius 3 is 2.72 bits per heavy atom. The Morgan fingerprint density at radius 2 is 2.22 bits per heavy atom. The number of amides is 2. The molecule has 18 heavy (non-hydrogen) atoms. The van der Waals surface area contributed by atoms with Crippen LogP contribution in [0.1, 0.15) is 12.5 Å². The highest BCUT2D eigenvalue weighted by molar-refractivity contribution is 5.99. The summed E-state index contributed by atoms with van der Waals surface area (Å²) in [7, 11) is 1.34. The Bertz CT molecular complexity index is 513. The van der Waals surface area contributed by atoms with Gasteiger partial charge in [-0.3, -0.25) is 10.1 Å². The number of nitrogens with zero attached hydrogens (tertiary/aromatic N) is 2. The van der Waals surface area contributed by atoms with Gasteiger partial charge in [0, 0.05) is 11.6 Å². The molecule has 1 aromatic carbocycles. The highest BCUT2D eigenvalue weighted by atomic mass is 16.6. The Hall–Kier alpha value is -2.64. The van der Waals surface area contributed by atoms with E-state index in [-0.39, 0.29) is 11.4 Å². The molecule has 1 aromatic rings. The van der Waals surface area contributed by atoms with E-state index in [0.29, 0.717) is 11.3 Å². The fraction of sp³-hybridized carbons (Fsp3) is 0.200. The van der Waals surface area contributed by atoms with E-state index in [2.05, 4.69) is 5.10 Å². The fourth-order valence-electron chi connectivity index (χ4n) is 1.26. The van der Waals surface area contributed by atoms with Crippen LogP contribution in [-0.2, 0) is 0 Å². The lowest BCUT2D eigenvalue weighted by molar-refractivity contribution is -0.385. The molecule has 8 nitrogen and oxygen atoms in total. The number of nitrogens with two attached hydrogens (primary N) is 1. The van der Waals surface area contributed by atoms with Crippen LogP contribution >= 0.6 is 0 Å². The number of nitro groups is 1. The van der Waals surface area contributed by atoms with Crippen molar-refractivity contribution in [1.82, 2.24) is 5.43 Å². The number of ether oxygens (including phenoxy) is 1. The maximum atomic E-state index is 10.8. The van der Waals surface area contributed by atoms with Crippen LogP contribution in [0.15, 0.2) is 23.3 Å². The average Bonchev–Trinajstić information content (AvgIpc) is 2.34. The molecule has 0 saturated carbocycles. The number of benzene rings is 1. The summed E-state index contributed by atoms with van der Waals surface area (Å²) in [5.74, 6) is 0.152. The molecule has 0 unspecified atom stereocenters. The van der Waals surface area contributed by atoms with Gasteiger partial charge in [-0.2, -0.15) is 5.10 Å². The topological polar surface area (TPSA) is 120 Å². The van der Waals surface area contributed by atoms with Crippen molar-refractivity contribution in [2.24, 2.45) is 10.8 Å². The lowest BCUT2D eigenvalue weighted by atomic mass is 10.1. The SMILES string of the molecule is COc1ccc(/C(C)=N\NC(N)=O)cc1[N+](=O)[O-]. The Kier molecular flexibility index (Phi) is 4.19. The molecule has 1 rings (SSSR count). The van der Waals surface area contributed by atoms with Crippen LogP contribution in [0.2, 0.25) is 0 Å². The molecular weight excluding hydrogens is 240 g/mol. The molecule has 0 aliphatic carbocycles. The van der Waals surface area contributed by atoms with Crippen molar-refractivity contribution in [2.75, 3.05) is 7.11 Å². The molecule has 96 valence electrons. The van der Waals surface area contributed by atoms with Gasteiger partial charge in [0.25, 0.3) is 0 Å². The van der Waals surface area contributed by atoms with E-state index < -0.39 is 11.0 Å². The van der Waals surface area contributed by atoms with E-state index in [1.54, 1.807) is 13.0 Å². The normalized spacial score (nSPS) is 10.9. The quantitative estimate of drug-likeness (QED) is 0.471. The first-order chi connectivity index (χ1) is 8.45. The minimum absolute atomic E-state index is 0.152. The Morgan fingerprint density at radius 1 is 1.56 bits per heavy atom. The largest absolute Gasteiger partial charge is 0.490 e. The first-order valence-corrected chi connectivity index (χ1v) is 4.88. The molecule has 0 spiro atoms. The lowest BCUT2D eigenvalue weighted by Crippen LogP contribution is -2.25. The molecule has 0 radical (unpaired) electrons. The summed E-state index contributed by atoms with van der Waals surface area (Å²) in [5, 5.41) is 14.5. The summed E-state index contributed by atoms with van der Waals surface area (Å²) in [6.45, 7) is 1.58. The van der Waals surface area contributed by atoms with E-state index >= 15 is 0 Å². The summed E-state index contributed by atoms with van der Waals surface area (Å²) in [6.07, 6.45) is 0. The number of carbonyl (C=O) groups is 1. The van der Waals surface area contributed by atoms with Crippen molar-refractivity contribution in [2.45, 2.75) is 6.92 Å². The number of hydrogen-bond donors (Lipinski definition) is 2. The zero-order valence-corrected chi connectivity index (χ0v) is 9.84. The number of nitrogens with one attached hydrogen (secondary N) is 1. The summed E-state index contributed by atoms with van der Waals surface area (Å²) in [6, 6.07) is 3.54. The van der Waals surface area contributed by atoms with E-state index in [1.807, 2.05) is 5.43 Å². The number of carbonyl (C=O) groups excluding carboxylic acids is 1. The van der Waals surface area contributed by atoms with Gasteiger partial charge in [0.15, 0.2) is 5.75 Å². The standard InChI is InChI=1S/C10H12N4O4/c1-6(12-13-10(11)15)7-3-4-9(18-2)8(5-7)14(16)17/h3-5H,1-2H3,(H3,11,13,15)/b12-6-. The van der Waals surface area contributed by atoms with E-state index in [0.717, 1.165) is 0 Å². The van der Waals surface area contributed by atoms with Crippen LogP contribution in [0, 0.1) is 10.1 Å². The molecule has 0 atom stereocenters. The van der Waals surface area contributed by atoms with Crippen LogP contribution in [0.5, 0.6) is 5.75 Å². The number of hydrazone groups is 1. The smallest absolute Gasteiger partial charge is 0.332 e. The maximum absolute atomic E-state index is 10.8. The van der Waals surface area contributed by atoms with Gasteiger partial charge in [-0.15, -0.1) is 0 Å². The molecular formula is C10H12N4O4. The van der Waals surface area contributed by atoms with Gasteiger partial charge in [0.1, 0.15) is 0 Å². The van der Waals surface area contributed by atoms with E-state index in [4.69, 9.17) is 10.5 Å². The summed E-state index contributed by atoms with van der Waals surface area (Å²) >= 11 is 0. The number of hydrogen-bond acceptors (Lipinski definition) is 5. The average molecular weight is 252 g/mol. The van der Waals surface area contributed by atoms with Crippen LogP contribution in [0.3, 0.4) is 0 Å². The third-order valence-electron chi connectivity index (χ3n) is 2.13. The van der Waals surface area contributed by atoms with Gasteiger partial charge in [0.05, 0.1) is 17.7 Å². The molecule has 0 aliphatic heterocycles. The van der Waals surface area contributed by atoms with Crippen LogP contribution in [0.25, 0.3) is 0 Å². The first-order valence-electron chi connectivity index (χ1n) is 4.88. The van der Waals surface area contributed by atoms with Gasteiger partial charge < -0.3 is 10.5 Å². The molecule has 8 heteroatoms. The second-order valence-electron chi connectivity index (χ2n) is 3.32. The molecule has 0 bridgehead atoms. The third-order valence-corrected chi connectivity index (χ3v) is 2.13. The number of nitro benzene ring substituents is 1. The number of urea groups is 1. The molecule has 0 aromatic heterocycles. The van der Waals surface area contributed by atoms with E-state index in [1.165, 1.54) is 19.2 Å². The van der Waals surface area contributed by atoms with Gasteiger partial charge in [-0.05, 0) is 19.1 Å². The minimum Gasteiger partial charge on any atom is -0.490 e. The maximum Gasteiger partial charge on any atom is 0.332 e. The second-order valence-corrected chi connectivity index (χ2v) is 3.32. The van der Waals surface area contributed by atoms with Crippen molar-refractivity contribution in [3.05, 3.63) is 33.9 Å². The van der Waals surface area contributed by atoms with Gasteiger partial charge in [0.2, 0.25) is 0 Å². The third kappa shape index (κ3) is 3.17. The lowest BCUT2D eigenvalue weighted by Gasteiger charge is -2.04. The zero-order chi connectivity index (χ0) is 13.7. The van der Waals surface area contributed by atoms with Crippen molar-refractivity contribution in [3.8, 4) is 5.75 Å². The molecule has 0 heterocycles. The predicted octanol–water partition coefficient (Wildman–Crippen LogP) is 0.996. The van der Waals surface area contributed by atoms with Gasteiger partial charge in [-0.1, -0.05) is 0 Å². The molecule has 0 fully saturated rings. The summed E-state index contributed by atoms with van der Waals surface area (Å²) in [4.78, 5) is 20.7. The van der Waals surface area contributed by atoms with Crippen LogP contribution in [0.4, 0.5) is 10.5 Å². The van der Waals surface area contributed by atoms with Crippen LogP contribution in [-0.4, -0.2) is 23.8 Å². The van der Waals surface area contributed by atoms with Gasteiger partial charge >= 0.3 is 11.7 Å². The number of rotatable bonds is 4. The minimum atomic E-state index is -0.808. The van der Waals surface area contributed by atoms with Crippen molar-refractivity contribution in [1.29, 1.82) is 0 Å². The summed E-state index contributed by atoms with van der Waals surface area (Å²) < 4.78 is 4.87.